The SMILES string of the molecule is CCC(C(=O)O)n1cc(N)c(C)cc1=O. The summed E-state index contributed by atoms with van der Waals surface area (Å²) in [6.45, 7) is 3.42. The van der Waals surface area contributed by atoms with E-state index < -0.39 is 12.0 Å². The van der Waals surface area contributed by atoms with Crippen molar-refractivity contribution in [3.63, 3.8) is 0 Å². The van der Waals surface area contributed by atoms with E-state index in [1.165, 1.54) is 12.3 Å². The van der Waals surface area contributed by atoms with E-state index in [4.69, 9.17) is 10.8 Å². The minimum Gasteiger partial charge on any atom is -0.480 e. The molecule has 1 unspecified atom stereocenters. The molecule has 0 radical (unpaired) electrons. The standard InChI is InChI=1S/C10H14N2O3/c1-3-8(10(14)15)12-5-7(11)6(2)4-9(12)13/h4-5,8H,3,11H2,1-2H3,(H,14,15). The van der Waals surface area contributed by atoms with Gasteiger partial charge in [0.2, 0.25) is 0 Å². The first-order valence-electron chi connectivity index (χ1n) is 4.68. The fourth-order valence-corrected chi connectivity index (χ4v) is 1.39. The number of carboxylic acid groups (broad SMARTS) is 1. The molecule has 0 aliphatic heterocycles. The van der Waals surface area contributed by atoms with E-state index in [1.807, 2.05) is 0 Å². The normalized spacial score (nSPS) is 12.4. The molecule has 1 aromatic rings. The molecule has 0 saturated carbocycles. The first-order valence-corrected chi connectivity index (χ1v) is 4.68. The van der Waals surface area contributed by atoms with Crippen LogP contribution in [0.3, 0.4) is 0 Å². The van der Waals surface area contributed by atoms with Crippen LogP contribution in [-0.2, 0) is 4.79 Å². The molecular weight excluding hydrogens is 196 g/mol. The molecule has 1 heterocycles. The predicted molar refractivity (Wildman–Crippen MR) is 56.8 cm³/mol. The molecule has 0 amide bonds. The minimum absolute atomic E-state index is 0.337. The number of aliphatic carboxylic acids is 1. The number of hydrogen-bond donors (Lipinski definition) is 2. The number of nitrogen functional groups attached to an aromatic ring is 1. The van der Waals surface area contributed by atoms with E-state index >= 15 is 0 Å². The molecule has 0 spiro atoms. The first-order chi connectivity index (χ1) is 6.97. The van der Waals surface area contributed by atoms with E-state index in [0.29, 0.717) is 17.7 Å². The number of hydrogen-bond acceptors (Lipinski definition) is 3. The van der Waals surface area contributed by atoms with Crippen molar-refractivity contribution in [1.82, 2.24) is 4.57 Å². The summed E-state index contributed by atoms with van der Waals surface area (Å²) >= 11 is 0. The van der Waals surface area contributed by atoms with Crippen LogP contribution in [0.2, 0.25) is 0 Å². The van der Waals surface area contributed by atoms with Crippen molar-refractivity contribution in [3.8, 4) is 0 Å². The Morgan fingerprint density at radius 1 is 1.67 bits per heavy atom. The lowest BCUT2D eigenvalue weighted by Crippen LogP contribution is -2.29. The van der Waals surface area contributed by atoms with Gasteiger partial charge in [-0.1, -0.05) is 6.92 Å². The van der Waals surface area contributed by atoms with Crippen LogP contribution in [0.4, 0.5) is 5.69 Å². The lowest BCUT2D eigenvalue weighted by molar-refractivity contribution is -0.141. The van der Waals surface area contributed by atoms with Gasteiger partial charge in [-0.2, -0.15) is 0 Å². The number of rotatable bonds is 3. The van der Waals surface area contributed by atoms with Gasteiger partial charge in [-0.15, -0.1) is 0 Å². The quantitative estimate of drug-likeness (QED) is 0.771. The van der Waals surface area contributed by atoms with E-state index in [9.17, 15) is 9.59 Å². The molecule has 82 valence electrons. The molecule has 0 aliphatic rings. The third-order valence-electron chi connectivity index (χ3n) is 2.34. The number of pyridine rings is 1. The van der Waals surface area contributed by atoms with E-state index in [2.05, 4.69) is 0 Å². The Kier molecular flexibility index (Phi) is 3.14. The molecule has 0 bridgehead atoms. The Morgan fingerprint density at radius 3 is 2.73 bits per heavy atom. The van der Waals surface area contributed by atoms with E-state index in [1.54, 1.807) is 13.8 Å². The van der Waals surface area contributed by atoms with Gasteiger partial charge in [-0.25, -0.2) is 4.79 Å². The van der Waals surface area contributed by atoms with Gasteiger partial charge in [0.1, 0.15) is 6.04 Å². The summed E-state index contributed by atoms with van der Waals surface area (Å²) in [6.07, 6.45) is 1.73. The maximum absolute atomic E-state index is 11.5. The lowest BCUT2D eigenvalue weighted by atomic mass is 10.2. The van der Waals surface area contributed by atoms with Gasteiger partial charge in [0.05, 0.1) is 5.69 Å². The zero-order chi connectivity index (χ0) is 11.6. The summed E-state index contributed by atoms with van der Waals surface area (Å²) < 4.78 is 1.16. The van der Waals surface area contributed by atoms with Crippen molar-refractivity contribution in [2.75, 3.05) is 5.73 Å². The molecule has 3 N–H and O–H groups in total. The van der Waals surface area contributed by atoms with Crippen LogP contribution < -0.4 is 11.3 Å². The summed E-state index contributed by atoms with van der Waals surface area (Å²) in [5.41, 5.74) is 6.38. The zero-order valence-electron chi connectivity index (χ0n) is 8.73. The van der Waals surface area contributed by atoms with E-state index in [-0.39, 0.29) is 5.56 Å². The molecule has 1 aromatic heterocycles. The van der Waals surface area contributed by atoms with Crippen molar-refractivity contribution in [2.45, 2.75) is 26.3 Å². The van der Waals surface area contributed by atoms with Gasteiger partial charge in [0.25, 0.3) is 5.56 Å². The highest BCUT2D eigenvalue weighted by atomic mass is 16.4. The van der Waals surface area contributed by atoms with Crippen molar-refractivity contribution in [2.24, 2.45) is 0 Å². The van der Waals surface area contributed by atoms with Crippen molar-refractivity contribution >= 4 is 11.7 Å². The molecule has 5 heteroatoms. The Balaban J connectivity index is 3.30. The highest BCUT2D eigenvalue weighted by molar-refractivity contribution is 5.72. The second-order valence-corrected chi connectivity index (χ2v) is 3.42. The molecule has 1 atom stereocenters. The Labute approximate surface area is 87.1 Å². The molecule has 5 nitrogen and oxygen atoms in total. The maximum atomic E-state index is 11.5. The largest absolute Gasteiger partial charge is 0.480 e. The summed E-state index contributed by atoms with van der Waals surface area (Å²) in [5.74, 6) is -1.03. The second kappa shape index (κ2) is 4.16. The molecule has 1 rings (SSSR count). The highest BCUT2D eigenvalue weighted by Crippen LogP contribution is 2.13. The second-order valence-electron chi connectivity index (χ2n) is 3.42. The smallest absolute Gasteiger partial charge is 0.326 e. The third-order valence-corrected chi connectivity index (χ3v) is 2.34. The Bertz CT molecular complexity index is 437. The summed E-state index contributed by atoms with van der Waals surface area (Å²) in [4.78, 5) is 22.4. The monoisotopic (exact) mass is 210 g/mol. The van der Waals surface area contributed by atoms with Crippen molar-refractivity contribution < 1.29 is 9.90 Å². The Morgan fingerprint density at radius 2 is 2.27 bits per heavy atom. The third kappa shape index (κ3) is 2.18. The van der Waals surface area contributed by atoms with Crippen LogP contribution in [0.25, 0.3) is 0 Å². The van der Waals surface area contributed by atoms with Crippen molar-refractivity contribution in [1.29, 1.82) is 0 Å². The van der Waals surface area contributed by atoms with Crippen LogP contribution in [0.5, 0.6) is 0 Å². The van der Waals surface area contributed by atoms with E-state index in [0.717, 1.165) is 4.57 Å². The van der Waals surface area contributed by atoms with Crippen LogP contribution >= 0.6 is 0 Å². The van der Waals surface area contributed by atoms with Crippen LogP contribution in [-0.4, -0.2) is 15.6 Å². The molecule has 0 aromatic carbocycles. The fourth-order valence-electron chi connectivity index (χ4n) is 1.39. The van der Waals surface area contributed by atoms with Crippen LogP contribution in [0, 0.1) is 6.92 Å². The first kappa shape index (κ1) is 11.3. The topological polar surface area (TPSA) is 85.3 Å². The number of carbonyl (C=O) groups is 1. The molecule has 0 aliphatic carbocycles. The lowest BCUT2D eigenvalue weighted by Gasteiger charge is -2.14. The molecular formula is C10H14N2O3. The number of aromatic nitrogens is 1. The molecule has 15 heavy (non-hydrogen) atoms. The highest BCUT2D eigenvalue weighted by Gasteiger charge is 2.18. The van der Waals surface area contributed by atoms with Gasteiger partial charge in [0, 0.05) is 12.3 Å². The molecule has 0 fully saturated rings. The maximum Gasteiger partial charge on any atom is 0.326 e. The molecule has 0 saturated heterocycles. The number of carboxylic acids is 1. The van der Waals surface area contributed by atoms with Crippen LogP contribution in [0.1, 0.15) is 24.9 Å². The summed E-state index contributed by atoms with van der Waals surface area (Å²) in [7, 11) is 0. The number of nitrogens with zero attached hydrogens (tertiary/aromatic N) is 1. The van der Waals surface area contributed by atoms with Gasteiger partial charge < -0.3 is 10.8 Å². The number of aryl methyl sites for hydroxylation is 1. The Hall–Kier alpha value is -1.78. The summed E-state index contributed by atoms with van der Waals surface area (Å²) in [6, 6.07) is 0.501. The van der Waals surface area contributed by atoms with Gasteiger partial charge >= 0.3 is 5.97 Å². The minimum atomic E-state index is -1.03. The number of nitrogens with two attached hydrogens (primary N) is 1. The summed E-state index contributed by atoms with van der Waals surface area (Å²) in [5, 5.41) is 8.91. The predicted octanol–water partition coefficient (Wildman–Crippen LogP) is 0.775. The average Bonchev–Trinajstić information content (AvgIpc) is 2.14. The van der Waals surface area contributed by atoms with Gasteiger partial charge in [-0.05, 0) is 18.9 Å². The van der Waals surface area contributed by atoms with Crippen molar-refractivity contribution in [3.05, 3.63) is 28.2 Å². The number of anilines is 1. The fraction of sp³-hybridized carbons (Fsp3) is 0.400. The average molecular weight is 210 g/mol. The zero-order valence-corrected chi connectivity index (χ0v) is 8.73. The van der Waals surface area contributed by atoms with Gasteiger partial charge in [-0.3, -0.25) is 9.36 Å². The van der Waals surface area contributed by atoms with Crippen LogP contribution in [0.15, 0.2) is 17.1 Å². The van der Waals surface area contributed by atoms with Gasteiger partial charge in [0.15, 0.2) is 0 Å².